The number of ether oxygens (including phenoxy) is 3. The lowest BCUT2D eigenvalue weighted by Crippen LogP contribution is -2.48. The van der Waals surface area contributed by atoms with Crippen LogP contribution in [-0.2, 0) is 14.3 Å². The lowest BCUT2D eigenvalue weighted by molar-refractivity contribution is -0.119. The molecule has 3 rings (SSSR count). The summed E-state index contributed by atoms with van der Waals surface area (Å²) in [6, 6.07) is 10.1. The molecule has 3 atom stereocenters. The van der Waals surface area contributed by atoms with E-state index in [-0.39, 0.29) is 61.5 Å². The Morgan fingerprint density at radius 1 is 1.14 bits per heavy atom. The van der Waals surface area contributed by atoms with Gasteiger partial charge in [-0.3, -0.25) is 14.4 Å². The van der Waals surface area contributed by atoms with E-state index in [1.165, 1.54) is 30.2 Å². The van der Waals surface area contributed by atoms with Crippen LogP contribution < -0.4 is 10.1 Å². The van der Waals surface area contributed by atoms with Crippen LogP contribution in [0.4, 0.5) is 10.1 Å². The molecular weight excluding hydrogens is 481 g/mol. The molecule has 1 aliphatic heterocycles. The molecule has 1 N–H and O–H groups in total. The molecule has 37 heavy (non-hydrogen) atoms. The van der Waals surface area contributed by atoms with E-state index >= 15 is 0 Å². The zero-order chi connectivity index (χ0) is 27.1. The van der Waals surface area contributed by atoms with E-state index in [2.05, 4.69) is 5.32 Å². The third-order valence-corrected chi connectivity index (χ3v) is 6.37. The van der Waals surface area contributed by atoms with Crippen LogP contribution in [-0.4, -0.2) is 87.2 Å². The Labute approximate surface area is 216 Å². The van der Waals surface area contributed by atoms with Crippen LogP contribution in [0.1, 0.15) is 34.6 Å². The second-order valence-corrected chi connectivity index (χ2v) is 9.23. The normalized spacial score (nSPS) is 20.8. The van der Waals surface area contributed by atoms with Crippen LogP contribution in [0.5, 0.6) is 5.75 Å². The van der Waals surface area contributed by atoms with Crippen molar-refractivity contribution in [3.05, 3.63) is 59.4 Å². The van der Waals surface area contributed by atoms with Crippen molar-refractivity contribution in [2.45, 2.75) is 26.0 Å². The number of nitrogens with one attached hydrogen (secondary N) is 1. The number of hydrogen-bond donors (Lipinski definition) is 1. The topological polar surface area (TPSA) is 97.4 Å². The number of fused-ring (bicyclic) bond motifs is 1. The van der Waals surface area contributed by atoms with Crippen molar-refractivity contribution in [2.75, 3.05) is 52.9 Å². The number of rotatable bonds is 5. The lowest BCUT2D eigenvalue weighted by atomic mass is 10.0. The number of halogens is 1. The summed E-state index contributed by atoms with van der Waals surface area (Å²) in [5, 5.41) is 2.70. The largest absolute Gasteiger partial charge is 0.491 e. The van der Waals surface area contributed by atoms with Gasteiger partial charge in [0.25, 0.3) is 11.8 Å². The number of carbonyl (C=O) groups is 3. The van der Waals surface area contributed by atoms with Gasteiger partial charge in [-0.2, -0.15) is 0 Å². The second kappa shape index (κ2) is 12.6. The molecule has 0 fully saturated rings. The molecule has 0 aromatic heterocycles. The van der Waals surface area contributed by atoms with Crippen molar-refractivity contribution >= 4 is 23.4 Å². The highest BCUT2D eigenvalue weighted by molar-refractivity contribution is 5.98. The fourth-order valence-electron chi connectivity index (χ4n) is 4.25. The third kappa shape index (κ3) is 6.84. The van der Waals surface area contributed by atoms with Crippen LogP contribution in [0.3, 0.4) is 0 Å². The molecule has 200 valence electrons. The van der Waals surface area contributed by atoms with Crippen molar-refractivity contribution in [3.63, 3.8) is 0 Å². The summed E-state index contributed by atoms with van der Waals surface area (Å²) in [5.41, 5.74) is 0.701. The standard InChI is InChI=1S/C27H34FN3O6/c1-17-13-31(27(34)20-8-6-7-9-22(20)28)18(2)15-37-23-12-19(29-25(32)16-35-4)10-11-21(23)26(33)30(3)14-24(17)36-5/h6-12,17-18,24H,13-16H2,1-5H3,(H,29,32)/t17-,18+,24+/m1/s1. The number of hydrogen-bond acceptors (Lipinski definition) is 6. The van der Waals surface area contributed by atoms with Gasteiger partial charge in [0.15, 0.2) is 0 Å². The molecule has 0 unspecified atom stereocenters. The highest BCUT2D eigenvalue weighted by Gasteiger charge is 2.31. The summed E-state index contributed by atoms with van der Waals surface area (Å²) in [4.78, 5) is 41.9. The highest BCUT2D eigenvalue weighted by Crippen LogP contribution is 2.27. The maximum absolute atomic E-state index is 14.5. The van der Waals surface area contributed by atoms with Crippen molar-refractivity contribution < 1.29 is 33.0 Å². The Balaban J connectivity index is 1.99. The quantitative estimate of drug-likeness (QED) is 0.658. The first kappa shape index (κ1) is 28.1. The minimum absolute atomic E-state index is 0.0292. The van der Waals surface area contributed by atoms with E-state index in [1.807, 2.05) is 6.92 Å². The predicted molar refractivity (Wildman–Crippen MR) is 136 cm³/mol. The summed E-state index contributed by atoms with van der Waals surface area (Å²) < 4.78 is 31.1. The SMILES string of the molecule is COCC(=O)Nc1ccc2c(c1)OC[C@H](C)N(C(=O)c1ccccc1F)C[C@@H](C)[C@@H](OC)CN(C)C2=O. The summed E-state index contributed by atoms with van der Waals surface area (Å²) >= 11 is 0. The summed E-state index contributed by atoms with van der Waals surface area (Å²) in [7, 11) is 4.64. The summed E-state index contributed by atoms with van der Waals surface area (Å²) in [5.74, 6) is -1.61. The van der Waals surface area contributed by atoms with Crippen molar-refractivity contribution in [3.8, 4) is 5.75 Å². The molecule has 3 amide bonds. The van der Waals surface area contributed by atoms with E-state index < -0.39 is 17.8 Å². The molecule has 0 aliphatic carbocycles. The second-order valence-electron chi connectivity index (χ2n) is 9.23. The minimum Gasteiger partial charge on any atom is -0.491 e. The fraction of sp³-hybridized carbons (Fsp3) is 0.444. The van der Waals surface area contributed by atoms with E-state index in [0.29, 0.717) is 11.3 Å². The molecule has 0 spiro atoms. The molecule has 9 nitrogen and oxygen atoms in total. The first-order chi connectivity index (χ1) is 17.7. The lowest BCUT2D eigenvalue weighted by Gasteiger charge is -2.36. The smallest absolute Gasteiger partial charge is 0.257 e. The van der Waals surface area contributed by atoms with E-state index in [4.69, 9.17) is 14.2 Å². The van der Waals surface area contributed by atoms with Gasteiger partial charge in [-0.25, -0.2) is 4.39 Å². The van der Waals surface area contributed by atoms with Crippen molar-refractivity contribution in [2.24, 2.45) is 5.92 Å². The maximum Gasteiger partial charge on any atom is 0.257 e. The average molecular weight is 516 g/mol. The maximum atomic E-state index is 14.5. The Hall–Kier alpha value is -3.50. The minimum atomic E-state index is -0.602. The Bertz CT molecular complexity index is 1130. The number of benzene rings is 2. The predicted octanol–water partition coefficient (Wildman–Crippen LogP) is 3.06. The molecule has 0 radical (unpaired) electrons. The fourth-order valence-corrected chi connectivity index (χ4v) is 4.25. The Kier molecular flexibility index (Phi) is 9.60. The van der Waals surface area contributed by atoms with Crippen LogP contribution in [0.2, 0.25) is 0 Å². The van der Waals surface area contributed by atoms with E-state index in [9.17, 15) is 18.8 Å². The number of anilines is 1. The van der Waals surface area contributed by atoms with Crippen LogP contribution in [0.25, 0.3) is 0 Å². The van der Waals surface area contributed by atoms with Crippen molar-refractivity contribution in [1.29, 1.82) is 0 Å². The Morgan fingerprint density at radius 2 is 1.86 bits per heavy atom. The van der Waals surface area contributed by atoms with Crippen LogP contribution in [0.15, 0.2) is 42.5 Å². The van der Waals surface area contributed by atoms with Gasteiger partial charge in [-0.05, 0) is 31.2 Å². The first-order valence-electron chi connectivity index (χ1n) is 12.1. The van der Waals surface area contributed by atoms with Crippen LogP contribution in [0, 0.1) is 11.7 Å². The van der Waals surface area contributed by atoms with Gasteiger partial charge in [0.1, 0.15) is 24.8 Å². The third-order valence-electron chi connectivity index (χ3n) is 6.37. The van der Waals surface area contributed by atoms with E-state index in [1.54, 1.807) is 50.2 Å². The molecule has 1 heterocycles. The molecule has 0 bridgehead atoms. The monoisotopic (exact) mass is 515 g/mol. The van der Waals surface area contributed by atoms with Gasteiger partial charge in [-0.1, -0.05) is 19.1 Å². The zero-order valence-electron chi connectivity index (χ0n) is 21.8. The molecular formula is C27H34FN3O6. The van der Waals surface area contributed by atoms with Crippen molar-refractivity contribution in [1.82, 2.24) is 9.80 Å². The van der Waals surface area contributed by atoms with Gasteiger partial charge in [0.05, 0.1) is 23.3 Å². The van der Waals surface area contributed by atoms with Gasteiger partial charge in [0, 0.05) is 52.0 Å². The van der Waals surface area contributed by atoms with E-state index in [0.717, 1.165) is 0 Å². The molecule has 2 aromatic carbocycles. The van der Waals surface area contributed by atoms with Gasteiger partial charge < -0.3 is 29.3 Å². The van der Waals surface area contributed by atoms with Gasteiger partial charge >= 0.3 is 0 Å². The highest BCUT2D eigenvalue weighted by atomic mass is 19.1. The molecule has 0 saturated heterocycles. The number of nitrogens with zero attached hydrogens (tertiary/aromatic N) is 2. The summed E-state index contributed by atoms with van der Waals surface area (Å²) in [6.45, 7) is 4.16. The number of methoxy groups -OCH3 is 2. The zero-order valence-corrected chi connectivity index (χ0v) is 21.8. The number of carbonyl (C=O) groups excluding carboxylic acids is 3. The molecule has 0 saturated carbocycles. The molecule has 1 aliphatic rings. The average Bonchev–Trinajstić information content (AvgIpc) is 2.87. The number of likely N-dealkylation sites (N-methyl/N-ethyl adjacent to an activating group) is 1. The molecule has 10 heteroatoms. The Morgan fingerprint density at radius 3 is 2.54 bits per heavy atom. The van der Waals surface area contributed by atoms with Crippen LogP contribution >= 0.6 is 0 Å². The van der Waals surface area contributed by atoms with Gasteiger partial charge in [-0.15, -0.1) is 0 Å². The first-order valence-corrected chi connectivity index (χ1v) is 12.1. The number of amides is 3. The molecule has 2 aromatic rings. The van der Waals surface area contributed by atoms with Gasteiger partial charge in [0.2, 0.25) is 5.91 Å². The summed E-state index contributed by atoms with van der Waals surface area (Å²) in [6.07, 6.45) is -0.381.